The molecule has 0 aliphatic heterocycles. The average molecular weight is 180 g/mol. The van der Waals surface area contributed by atoms with Gasteiger partial charge in [0.05, 0.1) is 6.61 Å². The third-order valence-electron chi connectivity index (χ3n) is 1.76. The predicted octanol–water partition coefficient (Wildman–Crippen LogP) is 2.41. The number of ether oxygens (including phenoxy) is 2. The second-order valence-corrected chi connectivity index (χ2v) is 3.20. The van der Waals surface area contributed by atoms with Gasteiger partial charge in [-0.05, 0) is 26.0 Å². The van der Waals surface area contributed by atoms with Gasteiger partial charge in [-0.3, -0.25) is 0 Å². The minimum atomic E-state index is 0.104. The number of rotatable bonds is 4. The molecule has 1 rings (SSSR count). The molecule has 0 saturated carbocycles. The number of benzene rings is 1. The van der Waals surface area contributed by atoms with Crippen LogP contribution in [0.4, 0.5) is 0 Å². The maximum absolute atomic E-state index is 5.58. The van der Waals surface area contributed by atoms with Crippen LogP contribution in [0.2, 0.25) is 0 Å². The van der Waals surface area contributed by atoms with Crippen molar-refractivity contribution in [1.82, 2.24) is 0 Å². The van der Waals surface area contributed by atoms with E-state index in [1.54, 1.807) is 7.11 Å². The highest BCUT2D eigenvalue weighted by atomic mass is 16.5. The number of hydrogen-bond acceptors (Lipinski definition) is 2. The Balaban J connectivity index is 2.49. The monoisotopic (exact) mass is 180 g/mol. The molecule has 0 fully saturated rings. The molecule has 0 unspecified atom stereocenters. The zero-order valence-electron chi connectivity index (χ0n) is 8.41. The van der Waals surface area contributed by atoms with Crippen molar-refractivity contribution in [2.45, 2.75) is 20.0 Å². The SMILES string of the molecule is COC[C@H](C)Oc1ccc(C)cc1. The van der Waals surface area contributed by atoms with Gasteiger partial charge < -0.3 is 9.47 Å². The van der Waals surface area contributed by atoms with Gasteiger partial charge in [0.25, 0.3) is 0 Å². The summed E-state index contributed by atoms with van der Waals surface area (Å²) in [6.07, 6.45) is 0.104. The molecule has 2 nitrogen and oxygen atoms in total. The normalized spacial score (nSPS) is 12.5. The minimum Gasteiger partial charge on any atom is -0.488 e. The summed E-state index contributed by atoms with van der Waals surface area (Å²) < 4.78 is 10.6. The summed E-state index contributed by atoms with van der Waals surface area (Å²) in [6, 6.07) is 8.02. The van der Waals surface area contributed by atoms with Crippen LogP contribution >= 0.6 is 0 Å². The molecule has 0 radical (unpaired) electrons. The molecular formula is C11H16O2. The summed E-state index contributed by atoms with van der Waals surface area (Å²) in [6.45, 7) is 4.67. The second kappa shape index (κ2) is 4.87. The fraction of sp³-hybridized carbons (Fsp3) is 0.455. The highest BCUT2D eigenvalue weighted by Crippen LogP contribution is 2.13. The molecule has 13 heavy (non-hydrogen) atoms. The molecule has 0 bridgehead atoms. The van der Waals surface area contributed by atoms with Gasteiger partial charge in [0, 0.05) is 7.11 Å². The van der Waals surface area contributed by atoms with E-state index in [1.807, 2.05) is 31.2 Å². The lowest BCUT2D eigenvalue weighted by Gasteiger charge is -2.13. The van der Waals surface area contributed by atoms with E-state index < -0.39 is 0 Å². The van der Waals surface area contributed by atoms with Gasteiger partial charge in [0.1, 0.15) is 11.9 Å². The van der Waals surface area contributed by atoms with Crippen LogP contribution in [0.1, 0.15) is 12.5 Å². The Morgan fingerprint density at radius 1 is 1.23 bits per heavy atom. The van der Waals surface area contributed by atoms with Crippen LogP contribution in [0, 0.1) is 6.92 Å². The van der Waals surface area contributed by atoms with Crippen molar-refractivity contribution in [2.24, 2.45) is 0 Å². The number of methoxy groups -OCH3 is 1. The van der Waals surface area contributed by atoms with Crippen LogP contribution < -0.4 is 4.74 Å². The molecule has 0 aliphatic carbocycles. The first-order valence-corrected chi connectivity index (χ1v) is 4.44. The summed E-state index contributed by atoms with van der Waals surface area (Å²) in [5, 5.41) is 0. The van der Waals surface area contributed by atoms with Gasteiger partial charge in [-0.2, -0.15) is 0 Å². The molecule has 0 amide bonds. The van der Waals surface area contributed by atoms with Crippen molar-refractivity contribution >= 4 is 0 Å². The number of hydrogen-bond donors (Lipinski definition) is 0. The first kappa shape index (κ1) is 10.1. The quantitative estimate of drug-likeness (QED) is 0.708. The zero-order valence-corrected chi connectivity index (χ0v) is 8.41. The summed E-state index contributed by atoms with van der Waals surface area (Å²) in [5.74, 6) is 0.898. The fourth-order valence-electron chi connectivity index (χ4n) is 1.12. The van der Waals surface area contributed by atoms with E-state index in [-0.39, 0.29) is 6.10 Å². The van der Waals surface area contributed by atoms with Gasteiger partial charge in [-0.15, -0.1) is 0 Å². The van der Waals surface area contributed by atoms with Crippen molar-refractivity contribution in [3.8, 4) is 5.75 Å². The second-order valence-electron chi connectivity index (χ2n) is 3.20. The summed E-state index contributed by atoms with van der Waals surface area (Å²) in [5.41, 5.74) is 1.24. The minimum absolute atomic E-state index is 0.104. The van der Waals surface area contributed by atoms with E-state index in [2.05, 4.69) is 6.92 Å². The largest absolute Gasteiger partial charge is 0.488 e. The van der Waals surface area contributed by atoms with Crippen LogP contribution in [0.15, 0.2) is 24.3 Å². The van der Waals surface area contributed by atoms with E-state index in [9.17, 15) is 0 Å². The molecule has 72 valence electrons. The lowest BCUT2D eigenvalue weighted by Crippen LogP contribution is -2.17. The smallest absolute Gasteiger partial charge is 0.119 e. The molecule has 1 aromatic rings. The Labute approximate surface area is 79.5 Å². The van der Waals surface area contributed by atoms with Crippen molar-refractivity contribution in [1.29, 1.82) is 0 Å². The molecule has 0 N–H and O–H groups in total. The maximum atomic E-state index is 5.58. The van der Waals surface area contributed by atoms with Crippen LogP contribution in [0.3, 0.4) is 0 Å². The molecular weight excluding hydrogens is 164 g/mol. The van der Waals surface area contributed by atoms with Crippen molar-refractivity contribution in [3.63, 3.8) is 0 Å². The molecule has 1 atom stereocenters. The van der Waals surface area contributed by atoms with Gasteiger partial charge in [0.15, 0.2) is 0 Å². The van der Waals surface area contributed by atoms with Gasteiger partial charge in [0.2, 0.25) is 0 Å². The van der Waals surface area contributed by atoms with Gasteiger partial charge in [-0.1, -0.05) is 17.7 Å². The van der Waals surface area contributed by atoms with E-state index >= 15 is 0 Å². The average Bonchev–Trinajstić information content (AvgIpc) is 2.09. The highest BCUT2D eigenvalue weighted by Gasteiger charge is 2.01. The lowest BCUT2D eigenvalue weighted by molar-refractivity contribution is 0.0921. The van der Waals surface area contributed by atoms with E-state index in [0.29, 0.717) is 6.61 Å². The molecule has 1 aromatic carbocycles. The van der Waals surface area contributed by atoms with E-state index in [0.717, 1.165) is 5.75 Å². The van der Waals surface area contributed by atoms with E-state index in [4.69, 9.17) is 9.47 Å². The fourth-order valence-corrected chi connectivity index (χ4v) is 1.12. The van der Waals surface area contributed by atoms with Gasteiger partial charge in [-0.25, -0.2) is 0 Å². The summed E-state index contributed by atoms with van der Waals surface area (Å²) >= 11 is 0. The van der Waals surface area contributed by atoms with Crippen LogP contribution in [-0.4, -0.2) is 19.8 Å². The van der Waals surface area contributed by atoms with Crippen molar-refractivity contribution in [2.75, 3.05) is 13.7 Å². The topological polar surface area (TPSA) is 18.5 Å². The Hall–Kier alpha value is -1.02. The Morgan fingerprint density at radius 3 is 2.38 bits per heavy atom. The van der Waals surface area contributed by atoms with Crippen molar-refractivity contribution in [3.05, 3.63) is 29.8 Å². The number of aryl methyl sites for hydroxylation is 1. The van der Waals surface area contributed by atoms with Crippen molar-refractivity contribution < 1.29 is 9.47 Å². The summed E-state index contributed by atoms with van der Waals surface area (Å²) in [4.78, 5) is 0. The summed E-state index contributed by atoms with van der Waals surface area (Å²) in [7, 11) is 1.68. The lowest BCUT2D eigenvalue weighted by atomic mass is 10.2. The third-order valence-corrected chi connectivity index (χ3v) is 1.76. The first-order valence-electron chi connectivity index (χ1n) is 4.44. The molecule has 0 heterocycles. The Bertz CT molecular complexity index is 241. The molecule has 0 aromatic heterocycles. The first-order chi connectivity index (χ1) is 6.22. The van der Waals surface area contributed by atoms with Crippen LogP contribution in [0.5, 0.6) is 5.75 Å². The van der Waals surface area contributed by atoms with Crippen LogP contribution in [0.25, 0.3) is 0 Å². The Morgan fingerprint density at radius 2 is 1.85 bits per heavy atom. The molecule has 0 spiro atoms. The highest BCUT2D eigenvalue weighted by molar-refractivity contribution is 5.26. The maximum Gasteiger partial charge on any atom is 0.119 e. The predicted molar refractivity (Wildman–Crippen MR) is 53.1 cm³/mol. The van der Waals surface area contributed by atoms with Gasteiger partial charge >= 0.3 is 0 Å². The molecule has 0 aliphatic rings. The molecule has 2 heteroatoms. The van der Waals surface area contributed by atoms with Crippen LogP contribution in [-0.2, 0) is 4.74 Å². The molecule has 0 saturated heterocycles. The Kier molecular flexibility index (Phi) is 3.77. The zero-order chi connectivity index (χ0) is 9.68. The third kappa shape index (κ3) is 3.47. The standard InChI is InChI=1S/C11H16O2/c1-9-4-6-11(7-5-9)13-10(2)8-12-3/h4-7,10H,8H2,1-3H3/t10-/m0/s1. The van der Waals surface area contributed by atoms with E-state index in [1.165, 1.54) is 5.56 Å².